The normalized spacial score (nSPS) is 12.8. The predicted molar refractivity (Wildman–Crippen MR) is 306 cm³/mol. The number of unbranched alkanes of at least 4 members (excludes halogenated alkanes) is 41. The number of nitrogens with one attached hydrogen (secondary N) is 1. The third kappa shape index (κ3) is 55.4. The lowest BCUT2D eigenvalue weighted by Crippen LogP contribution is -2.45. The van der Waals surface area contributed by atoms with E-state index in [-0.39, 0.29) is 18.5 Å². The summed E-state index contributed by atoms with van der Waals surface area (Å²) in [6.07, 6.45) is 74.3. The maximum Gasteiger partial charge on any atom is 0.305 e. The zero-order valence-corrected chi connectivity index (χ0v) is 47.0. The standard InChI is InChI=1S/C64H121NO5/c1-3-5-7-9-11-13-15-17-19-21-22-25-28-32-36-40-44-48-52-56-62(67)61(60-66)65-63(68)57-53-49-45-41-37-33-29-26-23-24-27-31-35-39-43-47-51-55-59-70-64(69)58-54-50-46-42-38-34-30-20-18-16-14-12-10-8-6-4-2/h14,16,20,26,29-30,61-62,66-67H,3-13,15,17-19,21-25,27-28,31-60H2,1-2H3,(H,65,68)/b16-14-,29-26-,30-20-. The van der Waals surface area contributed by atoms with Gasteiger partial charge in [0.1, 0.15) is 0 Å². The molecule has 0 aromatic heterocycles. The second-order valence-electron chi connectivity index (χ2n) is 21.4. The summed E-state index contributed by atoms with van der Waals surface area (Å²) in [6, 6.07) is -0.553. The number of amides is 1. The van der Waals surface area contributed by atoms with Crippen LogP contribution in [0.15, 0.2) is 36.5 Å². The summed E-state index contributed by atoms with van der Waals surface area (Å²) in [7, 11) is 0. The molecule has 0 aromatic carbocycles. The van der Waals surface area contributed by atoms with Crippen LogP contribution in [0, 0.1) is 0 Å². The average molecular weight is 985 g/mol. The minimum atomic E-state index is -0.674. The van der Waals surface area contributed by atoms with Crippen LogP contribution < -0.4 is 5.32 Å². The van der Waals surface area contributed by atoms with Crippen LogP contribution in [0.3, 0.4) is 0 Å². The molecule has 0 aliphatic carbocycles. The third-order valence-corrected chi connectivity index (χ3v) is 14.4. The summed E-state index contributed by atoms with van der Waals surface area (Å²) in [5.74, 6) is -0.0576. The largest absolute Gasteiger partial charge is 0.466 e. The van der Waals surface area contributed by atoms with E-state index in [0.29, 0.717) is 25.9 Å². The van der Waals surface area contributed by atoms with Crippen molar-refractivity contribution in [3.05, 3.63) is 36.5 Å². The lowest BCUT2D eigenvalue weighted by molar-refractivity contribution is -0.143. The van der Waals surface area contributed by atoms with Gasteiger partial charge in [-0.3, -0.25) is 9.59 Å². The van der Waals surface area contributed by atoms with Gasteiger partial charge < -0.3 is 20.3 Å². The molecule has 0 saturated heterocycles. The molecule has 0 aliphatic rings. The number of aliphatic hydroxyl groups excluding tert-OH is 2. The van der Waals surface area contributed by atoms with Crippen molar-refractivity contribution in [2.75, 3.05) is 13.2 Å². The van der Waals surface area contributed by atoms with Gasteiger partial charge in [0.15, 0.2) is 0 Å². The summed E-state index contributed by atoms with van der Waals surface area (Å²) in [5.41, 5.74) is 0. The number of rotatable bonds is 58. The van der Waals surface area contributed by atoms with Gasteiger partial charge in [0.05, 0.1) is 25.4 Å². The Labute approximate surface area is 436 Å². The Balaban J connectivity index is 3.46. The summed E-state index contributed by atoms with van der Waals surface area (Å²) < 4.78 is 5.47. The lowest BCUT2D eigenvalue weighted by Gasteiger charge is -2.22. The fraction of sp³-hybridized carbons (Fsp3) is 0.875. The number of hydrogen-bond acceptors (Lipinski definition) is 5. The number of ether oxygens (including phenoxy) is 1. The molecule has 6 heteroatoms. The first-order chi connectivity index (χ1) is 34.5. The van der Waals surface area contributed by atoms with Crippen molar-refractivity contribution in [3.63, 3.8) is 0 Å². The molecule has 2 atom stereocenters. The Kier molecular flexibility index (Phi) is 58.0. The van der Waals surface area contributed by atoms with E-state index in [1.165, 1.54) is 231 Å². The predicted octanol–water partition coefficient (Wildman–Crippen LogP) is 19.6. The first-order valence-corrected chi connectivity index (χ1v) is 31.2. The Bertz CT molecular complexity index is 1130. The topological polar surface area (TPSA) is 95.9 Å². The Hall–Kier alpha value is -1.92. The van der Waals surface area contributed by atoms with Gasteiger partial charge in [-0.25, -0.2) is 0 Å². The SMILES string of the molecule is CCCCCC/C=C\C/C=C\CCCCCCCC(=O)OCCCCCCCCCCC/C=C\CCCCCCCC(=O)NC(CO)C(O)CCCCCCCCCCCCCCCCCCCCC. The molecule has 0 saturated carbocycles. The molecule has 0 spiro atoms. The van der Waals surface area contributed by atoms with E-state index in [0.717, 1.165) is 70.6 Å². The Morgan fingerprint density at radius 3 is 1.11 bits per heavy atom. The van der Waals surface area contributed by atoms with Crippen LogP contribution in [0.5, 0.6) is 0 Å². The minimum absolute atomic E-state index is 0.0102. The lowest BCUT2D eigenvalue weighted by atomic mass is 10.0. The number of carbonyl (C=O) groups excluding carboxylic acids is 2. The number of carbonyl (C=O) groups is 2. The molecule has 412 valence electrons. The molecule has 0 rings (SSSR count). The maximum absolute atomic E-state index is 12.5. The van der Waals surface area contributed by atoms with Crippen molar-refractivity contribution < 1.29 is 24.5 Å². The van der Waals surface area contributed by atoms with Crippen molar-refractivity contribution in [3.8, 4) is 0 Å². The number of hydrogen-bond donors (Lipinski definition) is 3. The second kappa shape index (κ2) is 59.6. The molecule has 0 aromatic rings. The van der Waals surface area contributed by atoms with Crippen LogP contribution in [0.25, 0.3) is 0 Å². The van der Waals surface area contributed by atoms with Crippen molar-refractivity contribution >= 4 is 11.9 Å². The van der Waals surface area contributed by atoms with E-state index in [9.17, 15) is 19.8 Å². The van der Waals surface area contributed by atoms with Gasteiger partial charge >= 0.3 is 5.97 Å². The van der Waals surface area contributed by atoms with Crippen LogP contribution in [-0.2, 0) is 14.3 Å². The number of aliphatic hydroxyl groups is 2. The summed E-state index contributed by atoms with van der Waals surface area (Å²) in [6.45, 7) is 4.93. The smallest absolute Gasteiger partial charge is 0.305 e. The first kappa shape index (κ1) is 68.1. The Morgan fingerprint density at radius 1 is 0.400 bits per heavy atom. The molecule has 70 heavy (non-hydrogen) atoms. The van der Waals surface area contributed by atoms with Crippen molar-refractivity contribution in [1.82, 2.24) is 5.32 Å². The van der Waals surface area contributed by atoms with E-state index in [4.69, 9.17) is 4.74 Å². The van der Waals surface area contributed by atoms with Crippen molar-refractivity contribution in [1.29, 1.82) is 0 Å². The average Bonchev–Trinajstić information content (AvgIpc) is 3.36. The number of esters is 1. The molecule has 1 amide bonds. The molecule has 0 radical (unpaired) electrons. The number of allylic oxidation sites excluding steroid dienone is 6. The highest BCUT2D eigenvalue weighted by atomic mass is 16.5. The Morgan fingerprint density at radius 2 is 0.714 bits per heavy atom. The van der Waals surface area contributed by atoms with Crippen LogP contribution in [0.1, 0.15) is 335 Å². The van der Waals surface area contributed by atoms with E-state index in [1.807, 2.05) is 0 Å². The van der Waals surface area contributed by atoms with Crippen LogP contribution in [-0.4, -0.2) is 47.4 Å². The summed E-state index contributed by atoms with van der Waals surface area (Å²) in [4.78, 5) is 24.6. The molecule has 6 nitrogen and oxygen atoms in total. The monoisotopic (exact) mass is 984 g/mol. The van der Waals surface area contributed by atoms with Gasteiger partial charge in [0, 0.05) is 12.8 Å². The van der Waals surface area contributed by atoms with E-state index >= 15 is 0 Å². The van der Waals surface area contributed by atoms with E-state index in [2.05, 4.69) is 55.6 Å². The molecular weight excluding hydrogens is 863 g/mol. The molecule has 3 N–H and O–H groups in total. The van der Waals surface area contributed by atoms with Gasteiger partial charge in [0.25, 0.3) is 0 Å². The fourth-order valence-electron chi connectivity index (χ4n) is 9.61. The minimum Gasteiger partial charge on any atom is -0.466 e. The highest BCUT2D eigenvalue weighted by molar-refractivity contribution is 5.76. The molecule has 2 unspecified atom stereocenters. The van der Waals surface area contributed by atoms with Gasteiger partial charge in [-0.15, -0.1) is 0 Å². The van der Waals surface area contributed by atoms with Crippen LogP contribution in [0.2, 0.25) is 0 Å². The van der Waals surface area contributed by atoms with Gasteiger partial charge in [-0.1, -0.05) is 275 Å². The van der Waals surface area contributed by atoms with Crippen LogP contribution in [0.4, 0.5) is 0 Å². The van der Waals surface area contributed by atoms with E-state index in [1.54, 1.807) is 0 Å². The molecular formula is C64H121NO5. The quantitative estimate of drug-likeness (QED) is 0.0321. The maximum atomic E-state index is 12.5. The highest BCUT2D eigenvalue weighted by Crippen LogP contribution is 2.17. The van der Waals surface area contributed by atoms with Gasteiger partial charge in [-0.05, 0) is 83.5 Å². The first-order valence-electron chi connectivity index (χ1n) is 31.2. The van der Waals surface area contributed by atoms with Crippen LogP contribution >= 0.6 is 0 Å². The molecule has 0 heterocycles. The van der Waals surface area contributed by atoms with Crippen molar-refractivity contribution in [2.24, 2.45) is 0 Å². The summed E-state index contributed by atoms with van der Waals surface area (Å²) >= 11 is 0. The van der Waals surface area contributed by atoms with Crippen molar-refractivity contribution in [2.45, 2.75) is 347 Å². The molecule has 0 bridgehead atoms. The summed E-state index contributed by atoms with van der Waals surface area (Å²) in [5, 5.41) is 23.3. The fourth-order valence-corrected chi connectivity index (χ4v) is 9.61. The van der Waals surface area contributed by atoms with Gasteiger partial charge in [0.2, 0.25) is 5.91 Å². The molecule has 0 aliphatic heterocycles. The van der Waals surface area contributed by atoms with Gasteiger partial charge in [-0.2, -0.15) is 0 Å². The zero-order valence-electron chi connectivity index (χ0n) is 47.0. The highest BCUT2D eigenvalue weighted by Gasteiger charge is 2.20. The zero-order chi connectivity index (χ0) is 50.7. The molecule has 0 fully saturated rings. The third-order valence-electron chi connectivity index (χ3n) is 14.4. The van der Waals surface area contributed by atoms with E-state index < -0.39 is 12.1 Å². The second-order valence-corrected chi connectivity index (χ2v) is 21.4.